The van der Waals surface area contributed by atoms with Gasteiger partial charge >= 0.3 is 0 Å². The van der Waals surface area contributed by atoms with E-state index in [1.807, 2.05) is 0 Å². The van der Waals surface area contributed by atoms with Gasteiger partial charge in [0.25, 0.3) is 20.1 Å². The molecule has 0 N–H and O–H groups in total. The summed E-state index contributed by atoms with van der Waals surface area (Å²) in [7, 11) is -6.84. The molecule has 0 unspecified atom stereocenters. The van der Waals surface area contributed by atoms with Gasteiger partial charge in [-0.1, -0.05) is 183 Å². The Hall–Kier alpha value is -5.00. The number of benzene rings is 7. The first kappa shape index (κ1) is 41.2. The Morgan fingerprint density at radius 2 is 0.500 bits per heavy atom. The van der Waals surface area contributed by atoms with Gasteiger partial charge in [0, 0.05) is 51.2 Å². The van der Waals surface area contributed by atoms with E-state index in [-0.39, 0.29) is 20.1 Å². The summed E-state index contributed by atoms with van der Waals surface area (Å²) in [4.78, 5) is 8.32. The third-order valence-corrected chi connectivity index (χ3v) is 24.5. The first-order valence-electron chi connectivity index (χ1n) is 24.5. The monoisotopic (exact) mass is 919 g/mol. The molecule has 0 radical (unpaired) electrons. The molecule has 7 aromatic rings. The molecule has 0 spiro atoms. The van der Waals surface area contributed by atoms with Crippen LogP contribution in [0.1, 0.15) is 11.1 Å². The van der Waals surface area contributed by atoms with E-state index in [2.05, 4.69) is 216 Å². The Labute approximate surface area is 398 Å². The van der Waals surface area contributed by atoms with Gasteiger partial charge in [0.2, 0.25) is 0 Å². The Morgan fingerprint density at radius 1 is 0.288 bits per heavy atom. The second kappa shape index (κ2) is 13.0. The largest absolute Gasteiger partial charge is 0.312 e. The minimum Gasteiger partial charge on any atom is -0.312 e. The van der Waals surface area contributed by atoms with Crippen molar-refractivity contribution in [3.63, 3.8) is 0 Å². The zero-order valence-electron chi connectivity index (χ0n) is 41.5. The number of hydrogen-bond donors (Lipinski definition) is 0. The van der Waals surface area contributed by atoms with Crippen molar-refractivity contribution in [3.8, 4) is 0 Å². The lowest BCUT2D eigenvalue weighted by molar-refractivity contribution is 1.23. The van der Waals surface area contributed by atoms with Gasteiger partial charge in [0.05, 0.1) is 32.3 Å². The maximum absolute atomic E-state index is 2.79. The van der Waals surface area contributed by atoms with Gasteiger partial charge in [0.1, 0.15) is 0 Å². The van der Waals surface area contributed by atoms with E-state index in [4.69, 9.17) is 0 Å². The third kappa shape index (κ3) is 5.33. The van der Waals surface area contributed by atoms with Crippen molar-refractivity contribution in [1.82, 2.24) is 0 Å². The molecule has 7 aromatic carbocycles. The molecule has 6 heterocycles. The van der Waals surface area contributed by atoms with Crippen molar-refractivity contribution in [3.05, 3.63) is 120 Å². The highest BCUT2D eigenvalue weighted by Crippen LogP contribution is 2.51. The van der Waals surface area contributed by atoms with E-state index in [0.717, 1.165) is 0 Å². The van der Waals surface area contributed by atoms with Crippen molar-refractivity contribution in [2.75, 3.05) is 14.7 Å². The van der Waals surface area contributed by atoms with E-state index < -0.39 is 32.3 Å². The fourth-order valence-electron chi connectivity index (χ4n) is 12.9. The smallest absolute Gasteiger partial charge is 0.252 e. The van der Waals surface area contributed by atoms with Crippen LogP contribution in [0.25, 0.3) is 0 Å². The predicted octanol–water partition coefficient (Wildman–Crippen LogP) is 6.32. The number of nitrogens with zero attached hydrogens (tertiary/aromatic N) is 3. The van der Waals surface area contributed by atoms with Crippen LogP contribution in [0.4, 0.5) is 51.2 Å². The summed E-state index contributed by atoms with van der Waals surface area (Å²) in [6.45, 7) is 35.2. The van der Waals surface area contributed by atoms with E-state index in [1.54, 1.807) is 0 Å². The van der Waals surface area contributed by atoms with Crippen LogP contribution in [0.15, 0.2) is 109 Å². The summed E-state index contributed by atoms with van der Waals surface area (Å²) >= 11 is 0. The number of anilines is 9. The molecule has 13 rings (SSSR count). The molecule has 324 valence electrons. The van der Waals surface area contributed by atoms with Crippen molar-refractivity contribution in [2.45, 2.75) is 92.4 Å². The SMILES string of the molecule is Cc1ccc2c(c1)B1c3cc(C)ccc3N3c4ccc([Si](C)(C)C)cc4B4c5cc([Si](C)(C)C)ccc5N5c6ccc([Si](C)(C)C)cc6B6c7cc([Si](C)(C)C)ccc7N2c2c1c3c4c5c26. The van der Waals surface area contributed by atoms with Gasteiger partial charge in [-0.25, -0.2) is 0 Å². The van der Waals surface area contributed by atoms with Crippen LogP contribution in [-0.4, -0.2) is 52.4 Å². The molecule has 0 amide bonds. The van der Waals surface area contributed by atoms with Crippen LogP contribution in [0.3, 0.4) is 0 Å². The molecule has 0 saturated carbocycles. The summed E-state index contributed by atoms with van der Waals surface area (Å²) in [5.74, 6) is 0. The molecule has 0 saturated heterocycles. The molecule has 0 atom stereocenters. The number of hydrogen-bond acceptors (Lipinski definition) is 3. The van der Waals surface area contributed by atoms with Gasteiger partial charge in [-0.2, -0.15) is 0 Å². The lowest BCUT2D eigenvalue weighted by Crippen LogP contribution is -2.75. The Kier molecular flexibility index (Phi) is 8.09. The van der Waals surface area contributed by atoms with Gasteiger partial charge in [-0.3, -0.25) is 0 Å². The predicted molar refractivity (Wildman–Crippen MR) is 306 cm³/mol. The third-order valence-electron chi connectivity index (χ3n) is 16.3. The zero-order chi connectivity index (χ0) is 46.0. The van der Waals surface area contributed by atoms with Crippen molar-refractivity contribution < 1.29 is 0 Å². The molecule has 10 heteroatoms. The second-order valence-electron chi connectivity index (χ2n) is 24.8. The topological polar surface area (TPSA) is 9.72 Å². The minimum absolute atomic E-state index is 0.0960. The highest BCUT2D eigenvalue weighted by molar-refractivity contribution is 7.09. The van der Waals surface area contributed by atoms with Crippen LogP contribution in [0.2, 0.25) is 78.6 Å². The van der Waals surface area contributed by atoms with Crippen molar-refractivity contribution in [2.24, 2.45) is 0 Å². The normalized spacial score (nSPS) is 15.5. The standard InChI is InChI=1S/C56H60B3N3Si4/c1-33-15-21-45-39(27-33)57-40-28-34(2)16-22-46(40)61-48-24-18-36(64(6,7)8)30-42(48)59-44-32-38(66(12,13)14)20-26-50(44)62-49-25-19-37(65(9,10)11)31-43(49)58-41-29-35(63(3,4)5)17-23-47(41)60(45)54-51(57)55(61)53(59)56(62)52(54)58/h15-32H,1-14H3. The van der Waals surface area contributed by atoms with Gasteiger partial charge in [0.15, 0.2) is 0 Å². The van der Waals surface area contributed by atoms with Gasteiger partial charge in [-0.05, 0) is 99.4 Å². The highest BCUT2D eigenvalue weighted by atomic mass is 28.3. The van der Waals surface area contributed by atoms with E-state index in [0.29, 0.717) is 0 Å². The molecule has 6 aliphatic rings. The van der Waals surface area contributed by atoms with Crippen LogP contribution in [0, 0.1) is 13.8 Å². The molecule has 0 bridgehead atoms. The molecule has 6 aliphatic heterocycles. The van der Waals surface area contributed by atoms with Crippen molar-refractivity contribution in [1.29, 1.82) is 0 Å². The quantitative estimate of drug-likeness (QED) is 0.192. The lowest BCUT2D eigenvalue weighted by atomic mass is 9.24. The first-order valence-corrected chi connectivity index (χ1v) is 38.5. The Bertz CT molecular complexity index is 3170. The molecule has 0 aromatic heterocycles. The number of rotatable bonds is 4. The fourth-order valence-corrected chi connectivity index (χ4v) is 17.6. The first-order chi connectivity index (χ1) is 31.1. The lowest BCUT2D eigenvalue weighted by Gasteiger charge is -2.56. The molecular weight excluding hydrogens is 859 g/mol. The molecule has 3 nitrogen and oxygen atoms in total. The highest BCUT2D eigenvalue weighted by Gasteiger charge is 2.58. The second-order valence-corrected chi connectivity index (χ2v) is 45.1. The zero-order valence-corrected chi connectivity index (χ0v) is 45.5. The molecule has 0 fully saturated rings. The molecular formula is C56H60B3N3Si4. The van der Waals surface area contributed by atoms with Gasteiger partial charge in [-0.15, -0.1) is 0 Å². The van der Waals surface area contributed by atoms with E-state index >= 15 is 0 Å². The van der Waals surface area contributed by atoms with E-state index in [1.165, 1.54) is 132 Å². The van der Waals surface area contributed by atoms with Crippen LogP contribution >= 0.6 is 0 Å². The molecule has 0 aliphatic carbocycles. The van der Waals surface area contributed by atoms with Crippen LogP contribution in [0.5, 0.6) is 0 Å². The number of aryl methyl sites for hydroxylation is 2. The summed E-state index contributed by atoms with van der Waals surface area (Å²) in [5.41, 5.74) is 28.3. The summed E-state index contributed by atoms with van der Waals surface area (Å²) in [6, 6.07) is 45.6. The Balaban J connectivity index is 1.28. The average Bonchev–Trinajstić information content (AvgIpc) is 3.25. The average molecular weight is 920 g/mol. The van der Waals surface area contributed by atoms with Gasteiger partial charge < -0.3 is 14.7 Å². The fraction of sp³-hybridized carbons (Fsp3) is 0.250. The number of fused-ring (bicyclic) bond motifs is 18. The maximum Gasteiger partial charge on any atom is 0.252 e. The van der Waals surface area contributed by atoms with Crippen molar-refractivity contribution >= 4 is 174 Å². The van der Waals surface area contributed by atoms with Crippen LogP contribution in [-0.2, 0) is 0 Å². The van der Waals surface area contributed by atoms with E-state index in [9.17, 15) is 0 Å². The molecule has 66 heavy (non-hydrogen) atoms. The summed E-state index contributed by atoms with van der Waals surface area (Å²) in [5, 5.41) is 6.14. The summed E-state index contributed by atoms with van der Waals surface area (Å²) < 4.78 is 0. The Morgan fingerprint density at radius 3 is 0.727 bits per heavy atom. The summed E-state index contributed by atoms with van der Waals surface area (Å²) in [6.07, 6.45) is 0. The maximum atomic E-state index is 2.79. The minimum atomic E-state index is -1.71. The van der Waals surface area contributed by atoms with Crippen LogP contribution < -0.4 is 84.6 Å².